The van der Waals surface area contributed by atoms with Crippen LogP contribution in [0.4, 0.5) is 4.39 Å². The molecule has 23 nitrogen and oxygen atoms in total. The summed E-state index contributed by atoms with van der Waals surface area (Å²) in [5.74, 6) is -10.7. The van der Waals surface area contributed by atoms with E-state index in [9.17, 15) is 43.1 Å². The predicted octanol–water partition coefficient (Wildman–Crippen LogP) is 4.55. The Bertz CT molecular complexity index is 2690. The monoisotopic (exact) mass is 1280 g/mol. The lowest BCUT2D eigenvalue weighted by atomic mass is 9.91. The maximum Gasteiger partial charge on any atom is 0.246 e. The summed E-state index contributed by atoms with van der Waals surface area (Å²) in [6.07, 6.45) is 2.52. The average molecular weight is 1280 g/mol. The van der Waals surface area contributed by atoms with Crippen molar-refractivity contribution < 1.29 is 62.2 Å². The highest BCUT2D eigenvalue weighted by atomic mass is 19.1. The first-order chi connectivity index (χ1) is 42.1. The molecule has 1 aromatic carbocycles. The number of amides is 11. The molecule has 0 bridgehead atoms. The van der Waals surface area contributed by atoms with Gasteiger partial charge in [-0.2, -0.15) is 0 Å². The zero-order valence-corrected chi connectivity index (χ0v) is 58.8. The maximum atomic E-state index is 15.3. The molecular formula is C67H112FN11O12. The fourth-order valence-corrected chi connectivity index (χ4v) is 11.3. The van der Waals surface area contributed by atoms with Crippen LogP contribution in [0.5, 0.6) is 0 Å². The van der Waals surface area contributed by atoms with Crippen LogP contribution in [0.3, 0.4) is 0 Å². The summed E-state index contributed by atoms with van der Waals surface area (Å²) in [4.78, 5) is 169. The standard InChI is InChI=1S/C67H112FN11O12/c1-24-48-63(87)73(17)36-53(80)74(18)49(32-37(2)3)60(84)72-54(41(10)11)66(90)75(19)50(33-38(4)5)59(83)69-44(15)58(82)70-45(16)62(86)76(20)51(34-39(6)7)64(88)77(21)52(35-40(8)9)65(89)78(22)55(42(12)13)67(91)79(23)56(61(85)71-48)57(81)43(14)26-25-27-46-28-30-47(68)31-29-46/h25,27-31,37-45,48-52,54-57,81H,24,26,32-36H2,1-23H3,(H,69,83)(H,70,82)(H,71,85)(H,72,84)/b27-25+/t43-,44+,45-,48+,49+,50+,51+,52+,54+,55+,56+,57-/m1/s1. The summed E-state index contributed by atoms with van der Waals surface area (Å²) in [5, 5.41) is 23.3. The molecule has 1 fully saturated rings. The van der Waals surface area contributed by atoms with E-state index in [2.05, 4.69) is 21.3 Å². The Kier molecular flexibility index (Phi) is 32.0. The third-order valence-electron chi connectivity index (χ3n) is 17.0. The largest absolute Gasteiger partial charge is 0.390 e. The summed E-state index contributed by atoms with van der Waals surface area (Å²) in [5.41, 5.74) is 0.663. The lowest BCUT2D eigenvalue weighted by Crippen LogP contribution is -2.63. The van der Waals surface area contributed by atoms with Crippen molar-refractivity contribution in [2.24, 2.45) is 41.4 Å². The highest BCUT2D eigenvalue weighted by Crippen LogP contribution is 2.26. The molecule has 1 aromatic rings. The zero-order chi connectivity index (χ0) is 70.0. The van der Waals surface area contributed by atoms with Crippen LogP contribution in [-0.2, 0) is 52.7 Å². The molecule has 1 heterocycles. The maximum absolute atomic E-state index is 15.3. The molecule has 0 saturated carbocycles. The van der Waals surface area contributed by atoms with Crippen molar-refractivity contribution in [2.45, 2.75) is 216 Å². The van der Waals surface area contributed by atoms with Crippen molar-refractivity contribution in [3.8, 4) is 0 Å². The fourth-order valence-electron chi connectivity index (χ4n) is 11.3. The summed E-state index contributed by atoms with van der Waals surface area (Å²) < 4.78 is 13.8. The number of benzene rings is 1. The molecule has 1 aliphatic rings. The second-order valence-electron chi connectivity index (χ2n) is 27.5. The lowest BCUT2D eigenvalue weighted by molar-refractivity contribution is -0.157. The van der Waals surface area contributed by atoms with Crippen molar-refractivity contribution in [1.29, 1.82) is 0 Å². The Morgan fingerprint density at radius 1 is 0.484 bits per heavy atom. The van der Waals surface area contributed by atoms with Crippen molar-refractivity contribution in [1.82, 2.24) is 55.6 Å². The minimum atomic E-state index is -1.70. The van der Waals surface area contributed by atoms with Gasteiger partial charge in [-0.15, -0.1) is 0 Å². The van der Waals surface area contributed by atoms with Gasteiger partial charge >= 0.3 is 0 Å². The van der Waals surface area contributed by atoms with Crippen LogP contribution >= 0.6 is 0 Å². The SMILES string of the molecule is CC[C@@H]1NC(=O)[C@H]([C@H](O)[C@H](C)C/C=C/c2ccc(F)cc2)N(C)C(=O)[C@H](C(C)C)N(C)C(=O)[C@H](CC(C)C)N(C)C(=O)[C@H](CC(C)C)N(C)C(=O)[C@@H](C)NC(=O)[C@H](C)NC(=O)[C@H](CC(C)C)N(C)C(=O)[C@H](C(C)C)NC(=O)[C@H](CC(C)C)N(C)C(=O)CN(C)C1=O. The minimum Gasteiger partial charge on any atom is -0.390 e. The number of likely N-dealkylation sites (N-methyl/N-ethyl adjacent to an activating group) is 7. The number of aliphatic hydroxyl groups excluding tert-OH is 1. The van der Waals surface area contributed by atoms with E-state index in [0.717, 1.165) is 9.80 Å². The molecule has 0 spiro atoms. The fraction of sp³-hybridized carbons (Fsp3) is 0.716. The van der Waals surface area contributed by atoms with Gasteiger partial charge in [0, 0.05) is 49.3 Å². The van der Waals surface area contributed by atoms with Crippen LogP contribution in [0.25, 0.3) is 6.08 Å². The molecule has 0 aromatic heterocycles. The van der Waals surface area contributed by atoms with Gasteiger partial charge in [0.25, 0.3) is 0 Å². The number of halogens is 1. The molecule has 1 aliphatic heterocycles. The van der Waals surface area contributed by atoms with Gasteiger partial charge in [0.15, 0.2) is 0 Å². The van der Waals surface area contributed by atoms with Gasteiger partial charge in [0.1, 0.15) is 66.2 Å². The molecule has 11 amide bonds. The average Bonchev–Trinajstić information content (AvgIpc) is 0.937. The number of carbonyl (C=O) groups is 11. The third-order valence-corrected chi connectivity index (χ3v) is 17.0. The number of aliphatic hydroxyl groups is 1. The van der Waals surface area contributed by atoms with E-state index in [1.54, 1.807) is 65.8 Å². The molecule has 2 rings (SSSR count). The quantitative estimate of drug-likeness (QED) is 0.153. The van der Waals surface area contributed by atoms with Crippen LogP contribution in [-0.4, -0.2) is 227 Å². The Labute approximate surface area is 541 Å². The molecule has 5 N–H and O–H groups in total. The summed E-state index contributed by atoms with van der Waals surface area (Å²) in [6, 6.07) is -6.94. The second kappa shape index (κ2) is 36.3. The van der Waals surface area contributed by atoms with Gasteiger partial charge in [-0.1, -0.05) is 121 Å². The van der Waals surface area contributed by atoms with E-state index in [0.29, 0.717) is 5.56 Å². The van der Waals surface area contributed by atoms with Gasteiger partial charge in [-0.3, -0.25) is 52.7 Å². The zero-order valence-electron chi connectivity index (χ0n) is 58.8. The second-order valence-corrected chi connectivity index (χ2v) is 27.5. The topological polar surface area (TPSA) is 279 Å². The minimum absolute atomic E-state index is 0.0170. The highest BCUT2D eigenvalue weighted by molar-refractivity contribution is 5.99. The van der Waals surface area contributed by atoms with Crippen LogP contribution in [0, 0.1) is 47.2 Å². The first-order valence-corrected chi connectivity index (χ1v) is 32.3. The molecule has 0 aliphatic carbocycles. The number of hydrogen-bond acceptors (Lipinski definition) is 12. The predicted molar refractivity (Wildman–Crippen MR) is 349 cm³/mol. The smallest absolute Gasteiger partial charge is 0.246 e. The Morgan fingerprint density at radius 2 is 0.912 bits per heavy atom. The summed E-state index contributed by atoms with van der Waals surface area (Å²) in [6.45, 7) is 27.3. The van der Waals surface area contributed by atoms with E-state index >= 15 is 19.2 Å². The number of nitrogens with zero attached hydrogens (tertiary/aromatic N) is 7. The van der Waals surface area contributed by atoms with E-state index in [1.807, 2.05) is 55.4 Å². The molecule has 514 valence electrons. The van der Waals surface area contributed by atoms with Gasteiger partial charge < -0.3 is 60.7 Å². The molecule has 0 radical (unpaired) electrons. The number of carbonyl (C=O) groups excluding carboxylic acids is 11. The van der Waals surface area contributed by atoms with E-state index in [-0.39, 0.29) is 62.2 Å². The molecule has 1 saturated heterocycles. The molecule has 91 heavy (non-hydrogen) atoms. The van der Waals surface area contributed by atoms with Gasteiger partial charge in [-0.25, -0.2) is 4.39 Å². The highest BCUT2D eigenvalue weighted by Gasteiger charge is 2.46. The van der Waals surface area contributed by atoms with Crippen LogP contribution in [0.15, 0.2) is 30.3 Å². The molecular weight excluding hydrogens is 1170 g/mol. The first-order valence-electron chi connectivity index (χ1n) is 32.3. The molecule has 12 atom stereocenters. The van der Waals surface area contributed by atoms with Crippen LogP contribution in [0.2, 0.25) is 0 Å². The normalized spacial score (nSPS) is 25.9. The molecule has 24 heteroatoms. The van der Waals surface area contributed by atoms with E-state index in [1.165, 1.54) is 99.8 Å². The Hall–Kier alpha value is -6.98. The van der Waals surface area contributed by atoms with Crippen LogP contribution < -0.4 is 21.3 Å². The number of hydrogen-bond donors (Lipinski definition) is 5. The van der Waals surface area contributed by atoms with E-state index < -0.39 is 162 Å². The number of allylic oxidation sites excluding steroid dienone is 1. The Morgan fingerprint density at radius 3 is 1.38 bits per heavy atom. The molecule has 0 unspecified atom stereocenters. The van der Waals surface area contributed by atoms with Gasteiger partial charge in [0.2, 0.25) is 65.0 Å². The third kappa shape index (κ3) is 22.7. The van der Waals surface area contributed by atoms with Gasteiger partial charge in [0.05, 0.1) is 12.6 Å². The number of nitrogens with one attached hydrogen (secondary N) is 4. The van der Waals surface area contributed by atoms with Crippen molar-refractivity contribution in [3.63, 3.8) is 0 Å². The summed E-state index contributed by atoms with van der Waals surface area (Å²) >= 11 is 0. The lowest BCUT2D eigenvalue weighted by Gasteiger charge is -2.41. The summed E-state index contributed by atoms with van der Waals surface area (Å²) in [7, 11) is 9.80. The first kappa shape index (κ1) is 80.1. The van der Waals surface area contributed by atoms with E-state index in [4.69, 9.17) is 0 Å². The van der Waals surface area contributed by atoms with Crippen LogP contribution in [0.1, 0.15) is 155 Å². The Balaban J connectivity index is 2.99. The number of rotatable bonds is 16. The van der Waals surface area contributed by atoms with Crippen molar-refractivity contribution in [3.05, 3.63) is 41.7 Å². The van der Waals surface area contributed by atoms with Crippen molar-refractivity contribution >= 4 is 71.1 Å². The van der Waals surface area contributed by atoms with Crippen molar-refractivity contribution in [2.75, 3.05) is 55.9 Å². The van der Waals surface area contributed by atoms with Gasteiger partial charge in [-0.05, 0) is 111 Å².